The first-order valence-corrected chi connectivity index (χ1v) is 19.4. The molecule has 0 radical (unpaired) electrons. The van der Waals surface area contributed by atoms with E-state index in [1.165, 1.54) is 77.9 Å². The molecular weight excluding hydrogens is 675 g/mol. The van der Waals surface area contributed by atoms with E-state index in [1.54, 1.807) is 0 Å². The van der Waals surface area contributed by atoms with Crippen LogP contribution in [0.3, 0.4) is 0 Å². The van der Waals surface area contributed by atoms with Crippen molar-refractivity contribution in [2.24, 2.45) is 0 Å². The molecule has 262 valence electrons. The lowest BCUT2D eigenvalue weighted by Gasteiger charge is -2.32. The second-order valence-corrected chi connectivity index (χ2v) is 14.8. The van der Waals surface area contributed by atoms with Gasteiger partial charge in [0.1, 0.15) is 0 Å². The third-order valence-corrected chi connectivity index (χ3v) is 11.9. The standard InChI is InChI=1S/C55H37N/c1-4-19-38(20-5-1)41-35-42(39-21-6-2-7-22-39)37-43(36-41)56(52-33-17-13-25-44(52)40-23-8-3-9-24-40)53-34-18-32-51-54(53)47-28-12-16-31-50(47)55(51)48-29-14-10-26-45(48)46-27-11-15-30-49(46)55/h1-37H. The molecular formula is C55H37N. The molecule has 2 aliphatic carbocycles. The second-order valence-electron chi connectivity index (χ2n) is 14.8. The summed E-state index contributed by atoms with van der Waals surface area (Å²) in [5.41, 5.74) is 20.5. The zero-order chi connectivity index (χ0) is 37.1. The van der Waals surface area contributed by atoms with E-state index in [4.69, 9.17) is 0 Å². The maximum absolute atomic E-state index is 2.53. The Morgan fingerprint density at radius 1 is 0.268 bits per heavy atom. The minimum atomic E-state index is -0.444. The molecule has 0 atom stereocenters. The zero-order valence-electron chi connectivity index (χ0n) is 30.8. The highest BCUT2D eigenvalue weighted by Gasteiger charge is 2.52. The van der Waals surface area contributed by atoms with Crippen LogP contribution in [0.15, 0.2) is 224 Å². The topological polar surface area (TPSA) is 3.24 Å². The largest absolute Gasteiger partial charge is 0.309 e. The number of benzene rings is 9. The summed E-state index contributed by atoms with van der Waals surface area (Å²) in [6, 6.07) is 82.5. The highest BCUT2D eigenvalue weighted by Crippen LogP contribution is 2.64. The summed E-state index contributed by atoms with van der Waals surface area (Å²) in [6.45, 7) is 0. The third kappa shape index (κ3) is 4.81. The van der Waals surface area contributed by atoms with Gasteiger partial charge in [0.05, 0.1) is 16.8 Å². The minimum Gasteiger partial charge on any atom is -0.309 e. The average Bonchev–Trinajstić information content (AvgIpc) is 3.75. The molecule has 9 aromatic carbocycles. The normalized spacial score (nSPS) is 12.8. The molecule has 2 aliphatic rings. The molecule has 0 unspecified atom stereocenters. The molecule has 1 spiro atoms. The molecule has 0 aromatic heterocycles. The van der Waals surface area contributed by atoms with Gasteiger partial charge in [0, 0.05) is 16.8 Å². The van der Waals surface area contributed by atoms with E-state index in [2.05, 4.69) is 229 Å². The molecule has 1 heteroatoms. The van der Waals surface area contributed by atoms with Crippen molar-refractivity contribution in [2.45, 2.75) is 5.41 Å². The second kappa shape index (κ2) is 13.0. The number of fused-ring (bicyclic) bond motifs is 10. The van der Waals surface area contributed by atoms with Crippen molar-refractivity contribution >= 4 is 17.1 Å². The number of anilines is 3. The van der Waals surface area contributed by atoms with Crippen molar-refractivity contribution in [1.29, 1.82) is 0 Å². The van der Waals surface area contributed by atoms with Gasteiger partial charge >= 0.3 is 0 Å². The molecule has 0 saturated carbocycles. The van der Waals surface area contributed by atoms with Crippen molar-refractivity contribution in [3.63, 3.8) is 0 Å². The fourth-order valence-electron chi connectivity index (χ4n) is 9.58. The summed E-state index contributed by atoms with van der Waals surface area (Å²) < 4.78 is 0. The first-order chi connectivity index (χ1) is 27.8. The van der Waals surface area contributed by atoms with Crippen molar-refractivity contribution in [3.05, 3.63) is 247 Å². The molecule has 0 amide bonds. The summed E-state index contributed by atoms with van der Waals surface area (Å²) in [5.74, 6) is 0. The van der Waals surface area contributed by atoms with Gasteiger partial charge in [-0.2, -0.15) is 0 Å². The van der Waals surface area contributed by atoms with E-state index in [0.717, 1.165) is 17.1 Å². The van der Waals surface area contributed by atoms with Gasteiger partial charge in [0.2, 0.25) is 0 Å². The van der Waals surface area contributed by atoms with Gasteiger partial charge in [-0.25, -0.2) is 0 Å². The van der Waals surface area contributed by atoms with Gasteiger partial charge in [-0.3, -0.25) is 0 Å². The summed E-state index contributed by atoms with van der Waals surface area (Å²) in [4.78, 5) is 2.53. The zero-order valence-corrected chi connectivity index (χ0v) is 30.8. The molecule has 0 fully saturated rings. The summed E-state index contributed by atoms with van der Waals surface area (Å²) in [6.07, 6.45) is 0. The Morgan fingerprint density at radius 3 is 1.25 bits per heavy atom. The maximum Gasteiger partial charge on any atom is 0.0726 e. The molecule has 0 aliphatic heterocycles. The van der Waals surface area contributed by atoms with E-state index in [0.29, 0.717) is 0 Å². The Kier molecular flexibility index (Phi) is 7.47. The SMILES string of the molecule is c1ccc(-c2cc(-c3ccccc3)cc(N(c3ccccc3-c3ccccc3)c3cccc4c3-c3ccccc3C43c4ccccc4-c4ccccc43)c2)cc1. The van der Waals surface area contributed by atoms with Crippen LogP contribution in [0.25, 0.3) is 55.6 Å². The number of rotatable bonds is 6. The first kappa shape index (κ1) is 32.2. The highest BCUT2D eigenvalue weighted by molar-refractivity contribution is 6.03. The predicted molar refractivity (Wildman–Crippen MR) is 234 cm³/mol. The van der Waals surface area contributed by atoms with E-state index in [1.807, 2.05) is 0 Å². The van der Waals surface area contributed by atoms with Crippen molar-refractivity contribution in [2.75, 3.05) is 4.90 Å². The van der Waals surface area contributed by atoms with Crippen LogP contribution < -0.4 is 4.90 Å². The lowest BCUT2D eigenvalue weighted by Crippen LogP contribution is -2.26. The lowest BCUT2D eigenvalue weighted by atomic mass is 9.70. The van der Waals surface area contributed by atoms with Gasteiger partial charge in [0.25, 0.3) is 0 Å². The van der Waals surface area contributed by atoms with E-state index >= 15 is 0 Å². The molecule has 0 N–H and O–H groups in total. The fourth-order valence-corrected chi connectivity index (χ4v) is 9.58. The van der Waals surface area contributed by atoms with Crippen molar-refractivity contribution in [1.82, 2.24) is 0 Å². The van der Waals surface area contributed by atoms with E-state index in [-0.39, 0.29) is 0 Å². The smallest absolute Gasteiger partial charge is 0.0726 e. The molecule has 0 saturated heterocycles. The summed E-state index contributed by atoms with van der Waals surface area (Å²) in [7, 11) is 0. The van der Waals surface area contributed by atoms with Gasteiger partial charge in [-0.1, -0.05) is 194 Å². The van der Waals surface area contributed by atoms with Crippen LogP contribution in [-0.2, 0) is 5.41 Å². The predicted octanol–water partition coefficient (Wildman–Crippen LogP) is 14.5. The molecule has 56 heavy (non-hydrogen) atoms. The minimum absolute atomic E-state index is 0.444. The van der Waals surface area contributed by atoms with Crippen LogP contribution in [0.1, 0.15) is 22.3 Å². The van der Waals surface area contributed by atoms with Crippen LogP contribution in [0.5, 0.6) is 0 Å². The molecule has 0 bridgehead atoms. The highest BCUT2D eigenvalue weighted by atomic mass is 15.1. The summed E-state index contributed by atoms with van der Waals surface area (Å²) in [5, 5.41) is 0. The number of nitrogens with zero attached hydrogens (tertiary/aromatic N) is 1. The lowest BCUT2D eigenvalue weighted by molar-refractivity contribution is 0.794. The number of hydrogen-bond donors (Lipinski definition) is 0. The Bertz CT molecular complexity index is 2810. The molecule has 11 rings (SSSR count). The van der Waals surface area contributed by atoms with Gasteiger partial charge in [-0.15, -0.1) is 0 Å². The third-order valence-electron chi connectivity index (χ3n) is 11.9. The van der Waals surface area contributed by atoms with Crippen molar-refractivity contribution in [3.8, 4) is 55.6 Å². The Labute approximate surface area is 328 Å². The van der Waals surface area contributed by atoms with Crippen LogP contribution in [0.2, 0.25) is 0 Å². The Morgan fingerprint density at radius 2 is 0.679 bits per heavy atom. The van der Waals surface area contributed by atoms with E-state index < -0.39 is 5.41 Å². The maximum atomic E-state index is 2.53. The Hall–Kier alpha value is -7.22. The molecule has 0 heterocycles. The summed E-state index contributed by atoms with van der Waals surface area (Å²) >= 11 is 0. The van der Waals surface area contributed by atoms with Crippen LogP contribution in [-0.4, -0.2) is 0 Å². The van der Waals surface area contributed by atoms with Gasteiger partial charge < -0.3 is 4.90 Å². The monoisotopic (exact) mass is 711 g/mol. The Balaban J connectivity index is 1.25. The molecule has 9 aromatic rings. The quantitative estimate of drug-likeness (QED) is 0.166. The van der Waals surface area contributed by atoms with Crippen LogP contribution >= 0.6 is 0 Å². The van der Waals surface area contributed by atoms with Crippen LogP contribution in [0.4, 0.5) is 17.1 Å². The van der Waals surface area contributed by atoms with Crippen LogP contribution in [0, 0.1) is 0 Å². The number of para-hydroxylation sites is 1. The molecule has 1 nitrogen and oxygen atoms in total. The number of hydrogen-bond acceptors (Lipinski definition) is 1. The average molecular weight is 712 g/mol. The van der Waals surface area contributed by atoms with Gasteiger partial charge in [-0.05, 0) is 97.1 Å². The van der Waals surface area contributed by atoms with Crippen molar-refractivity contribution < 1.29 is 0 Å². The van der Waals surface area contributed by atoms with E-state index in [9.17, 15) is 0 Å². The first-order valence-electron chi connectivity index (χ1n) is 19.4. The fraction of sp³-hybridized carbons (Fsp3) is 0.0182. The van der Waals surface area contributed by atoms with Gasteiger partial charge in [0.15, 0.2) is 0 Å².